The summed E-state index contributed by atoms with van der Waals surface area (Å²) in [6.45, 7) is 4.29. The Morgan fingerprint density at radius 3 is 2.53 bits per heavy atom. The van der Waals surface area contributed by atoms with Gasteiger partial charge in [-0.25, -0.2) is 0 Å². The molecule has 0 fully saturated rings. The number of aromatic nitrogens is 1. The Morgan fingerprint density at radius 1 is 1.00 bits per heavy atom. The SMILES string of the molecule is COc1ccc2c(c1)[nH]c1c(C)ccc(C)c12. The lowest BCUT2D eigenvalue weighted by Crippen LogP contribution is -1.81. The number of aryl methyl sites for hydroxylation is 2. The van der Waals surface area contributed by atoms with Crippen molar-refractivity contribution in [3.8, 4) is 5.75 Å². The van der Waals surface area contributed by atoms with E-state index in [0.717, 1.165) is 11.3 Å². The second-order valence-electron chi connectivity index (χ2n) is 4.49. The molecule has 0 aliphatic heterocycles. The van der Waals surface area contributed by atoms with Crippen molar-refractivity contribution in [2.45, 2.75) is 13.8 Å². The second-order valence-corrected chi connectivity index (χ2v) is 4.49. The third-order valence-electron chi connectivity index (χ3n) is 3.38. The fourth-order valence-corrected chi connectivity index (χ4v) is 2.43. The molecule has 1 heterocycles. The highest BCUT2D eigenvalue weighted by Crippen LogP contribution is 2.32. The van der Waals surface area contributed by atoms with Gasteiger partial charge in [0.2, 0.25) is 0 Å². The molecule has 0 spiro atoms. The first-order valence-electron chi connectivity index (χ1n) is 5.76. The molecule has 2 aromatic carbocycles. The summed E-state index contributed by atoms with van der Waals surface area (Å²) in [5, 5.41) is 2.59. The van der Waals surface area contributed by atoms with Crippen molar-refractivity contribution in [1.82, 2.24) is 4.98 Å². The van der Waals surface area contributed by atoms with Crippen LogP contribution in [0.4, 0.5) is 0 Å². The van der Waals surface area contributed by atoms with Crippen LogP contribution >= 0.6 is 0 Å². The zero-order valence-electron chi connectivity index (χ0n) is 10.3. The second kappa shape index (κ2) is 3.52. The molecule has 0 amide bonds. The molecule has 0 bridgehead atoms. The molecule has 0 saturated heterocycles. The number of ether oxygens (including phenoxy) is 1. The van der Waals surface area contributed by atoms with Gasteiger partial charge in [-0.3, -0.25) is 0 Å². The minimum absolute atomic E-state index is 0.888. The van der Waals surface area contributed by atoms with Gasteiger partial charge in [0.1, 0.15) is 5.75 Å². The van der Waals surface area contributed by atoms with Crippen molar-refractivity contribution in [2.75, 3.05) is 7.11 Å². The predicted molar refractivity (Wildman–Crippen MR) is 71.8 cm³/mol. The smallest absolute Gasteiger partial charge is 0.120 e. The summed E-state index contributed by atoms with van der Waals surface area (Å²) < 4.78 is 5.26. The molecule has 1 aromatic heterocycles. The Labute approximate surface area is 100 Å². The summed E-state index contributed by atoms with van der Waals surface area (Å²) in [7, 11) is 1.69. The van der Waals surface area contributed by atoms with E-state index in [-0.39, 0.29) is 0 Å². The van der Waals surface area contributed by atoms with Crippen LogP contribution in [0.5, 0.6) is 5.75 Å². The van der Waals surface area contributed by atoms with Gasteiger partial charge in [-0.2, -0.15) is 0 Å². The van der Waals surface area contributed by atoms with Gasteiger partial charge in [-0.1, -0.05) is 12.1 Å². The van der Waals surface area contributed by atoms with Crippen molar-refractivity contribution in [2.24, 2.45) is 0 Å². The van der Waals surface area contributed by atoms with E-state index in [4.69, 9.17) is 4.74 Å². The molecule has 0 aliphatic rings. The molecule has 0 aliphatic carbocycles. The van der Waals surface area contributed by atoms with E-state index < -0.39 is 0 Å². The first-order chi connectivity index (χ1) is 8.20. The zero-order chi connectivity index (χ0) is 12.0. The summed E-state index contributed by atoms with van der Waals surface area (Å²) in [5.41, 5.74) is 4.95. The van der Waals surface area contributed by atoms with Crippen molar-refractivity contribution in [3.63, 3.8) is 0 Å². The predicted octanol–water partition coefficient (Wildman–Crippen LogP) is 3.95. The van der Waals surface area contributed by atoms with Crippen LogP contribution in [0.1, 0.15) is 11.1 Å². The summed E-state index contributed by atoms with van der Waals surface area (Å²) >= 11 is 0. The van der Waals surface area contributed by atoms with Gasteiger partial charge >= 0.3 is 0 Å². The molecule has 0 radical (unpaired) electrons. The van der Waals surface area contributed by atoms with Crippen LogP contribution in [-0.4, -0.2) is 12.1 Å². The number of H-pyrrole nitrogens is 1. The maximum absolute atomic E-state index is 5.26. The first kappa shape index (κ1) is 10.2. The highest BCUT2D eigenvalue weighted by atomic mass is 16.5. The van der Waals surface area contributed by atoms with Crippen molar-refractivity contribution in [3.05, 3.63) is 41.5 Å². The highest BCUT2D eigenvalue weighted by molar-refractivity contribution is 6.10. The van der Waals surface area contributed by atoms with Crippen molar-refractivity contribution < 1.29 is 4.74 Å². The van der Waals surface area contributed by atoms with Crippen LogP contribution in [0.15, 0.2) is 30.3 Å². The minimum atomic E-state index is 0.888. The fraction of sp³-hybridized carbons (Fsp3) is 0.200. The van der Waals surface area contributed by atoms with Gasteiger partial charge in [-0.15, -0.1) is 0 Å². The van der Waals surface area contributed by atoms with Crippen molar-refractivity contribution in [1.29, 1.82) is 0 Å². The summed E-state index contributed by atoms with van der Waals surface area (Å²) in [6.07, 6.45) is 0. The average Bonchev–Trinajstić information content (AvgIpc) is 2.73. The van der Waals surface area contributed by atoms with Crippen LogP contribution in [0, 0.1) is 13.8 Å². The van der Waals surface area contributed by atoms with E-state index in [0.29, 0.717) is 0 Å². The van der Waals surface area contributed by atoms with E-state index in [1.165, 1.54) is 27.4 Å². The highest BCUT2D eigenvalue weighted by Gasteiger charge is 2.09. The van der Waals surface area contributed by atoms with Gasteiger partial charge in [-0.05, 0) is 37.1 Å². The van der Waals surface area contributed by atoms with Crippen molar-refractivity contribution >= 4 is 21.8 Å². The molecular weight excluding hydrogens is 210 g/mol. The normalized spacial score (nSPS) is 11.2. The van der Waals surface area contributed by atoms with Gasteiger partial charge < -0.3 is 9.72 Å². The summed E-state index contributed by atoms with van der Waals surface area (Å²) in [6, 6.07) is 10.5. The van der Waals surface area contributed by atoms with Gasteiger partial charge in [0.05, 0.1) is 12.6 Å². The Kier molecular flexibility index (Phi) is 2.11. The molecule has 2 nitrogen and oxygen atoms in total. The van der Waals surface area contributed by atoms with Gasteiger partial charge in [0, 0.05) is 22.4 Å². The first-order valence-corrected chi connectivity index (χ1v) is 5.76. The molecule has 2 heteroatoms. The van der Waals surface area contributed by atoms with Crippen LogP contribution in [-0.2, 0) is 0 Å². The summed E-state index contributed by atoms with van der Waals surface area (Å²) in [5.74, 6) is 0.888. The lowest BCUT2D eigenvalue weighted by molar-refractivity contribution is 0.415. The maximum atomic E-state index is 5.26. The Hall–Kier alpha value is -1.96. The molecule has 0 saturated carbocycles. The number of rotatable bonds is 1. The molecule has 0 unspecified atom stereocenters. The number of benzene rings is 2. The van der Waals surface area contributed by atoms with Crippen LogP contribution < -0.4 is 4.74 Å². The average molecular weight is 225 g/mol. The number of hydrogen-bond donors (Lipinski definition) is 1. The minimum Gasteiger partial charge on any atom is -0.497 e. The standard InChI is InChI=1S/C15H15NO/c1-9-4-5-10(2)15-14(9)12-7-6-11(17-3)8-13(12)16-15/h4-8,16H,1-3H3. The van der Waals surface area contributed by atoms with Gasteiger partial charge in [0.25, 0.3) is 0 Å². The molecule has 86 valence electrons. The number of methoxy groups -OCH3 is 1. The molecule has 3 aromatic rings. The molecule has 0 atom stereocenters. The quantitative estimate of drug-likeness (QED) is 0.666. The number of fused-ring (bicyclic) bond motifs is 3. The fourth-order valence-electron chi connectivity index (χ4n) is 2.43. The van der Waals surface area contributed by atoms with Crippen LogP contribution in [0.3, 0.4) is 0 Å². The summed E-state index contributed by atoms with van der Waals surface area (Å²) in [4.78, 5) is 3.48. The third kappa shape index (κ3) is 1.41. The Bertz CT molecular complexity index is 710. The van der Waals surface area contributed by atoms with E-state index in [1.54, 1.807) is 7.11 Å². The van der Waals surface area contributed by atoms with E-state index in [9.17, 15) is 0 Å². The lowest BCUT2D eigenvalue weighted by atomic mass is 10.0. The van der Waals surface area contributed by atoms with Gasteiger partial charge in [0.15, 0.2) is 0 Å². The molecule has 3 rings (SSSR count). The number of hydrogen-bond acceptors (Lipinski definition) is 1. The largest absolute Gasteiger partial charge is 0.497 e. The monoisotopic (exact) mass is 225 g/mol. The molecule has 17 heavy (non-hydrogen) atoms. The van der Waals surface area contributed by atoms with Crippen LogP contribution in [0.25, 0.3) is 21.8 Å². The molecular formula is C15H15NO. The third-order valence-corrected chi connectivity index (χ3v) is 3.38. The zero-order valence-corrected chi connectivity index (χ0v) is 10.3. The van der Waals surface area contributed by atoms with E-state index in [1.807, 2.05) is 12.1 Å². The maximum Gasteiger partial charge on any atom is 0.120 e. The topological polar surface area (TPSA) is 25.0 Å². The van der Waals surface area contributed by atoms with E-state index >= 15 is 0 Å². The lowest BCUT2D eigenvalue weighted by Gasteiger charge is -2.00. The van der Waals surface area contributed by atoms with E-state index in [2.05, 4.69) is 37.0 Å². The Morgan fingerprint density at radius 2 is 1.76 bits per heavy atom. The number of aromatic amines is 1. The number of nitrogens with one attached hydrogen (secondary N) is 1. The molecule has 1 N–H and O–H groups in total. The Balaban J connectivity index is 2.49. The van der Waals surface area contributed by atoms with Crippen LogP contribution in [0.2, 0.25) is 0 Å².